The molecule has 0 spiro atoms. The molecule has 2 rings (SSSR count). The molecule has 0 aliphatic heterocycles. The van der Waals surface area contributed by atoms with Gasteiger partial charge in [0.25, 0.3) is 0 Å². The summed E-state index contributed by atoms with van der Waals surface area (Å²) >= 11 is 0. The van der Waals surface area contributed by atoms with Crippen LogP contribution in [0.25, 0.3) is 11.3 Å². The van der Waals surface area contributed by atoms with Gasteiger partial charge in [-0.15, -0.1) is 0 Å². The maximum Gasteiger partial charge on any atom is 0.416 e. The molecule has 0 saturated heterocycles. The van der Waals surface area contributed by atoms with E-state index >= 15 is 0 Å². The van der Waals surface area contributed by atoms with Crippen LogP contribution in [-0.4, -0.2) is 20.4 Å². The average molecular weight is 301 g/mol. The second-order valence-electron chi connectivity index (χ2n) is 3.97. The van der Waals surface area contributed by atoms with Gasteiger partial charge in [0.05, 0.1) is 27.0 Å². The van der Waals surface area contributed by atoms with E-state index in [1.54, 1.807) is 0 Å². The van der Waals surface area contributed by atoms with Gasteiger partial charge in [0.15, 0.2) is 0 Å². The maximum absolute atomic E-state index is 12.5. The minimum atomic E-state index is -4.40. The Balaban J connectivity index is 2.52. The molecule has 0 bridgehead atoms. The normalized spacial score (nSPS) is 13.2. The lowest BCUT2D eigenvalue weighted by atomic mass is 10.1. The van der Waals surface area contributed by atoms with Crippen molar-refractivity contribution < 1.29 is 17.4 Å². The molecule has 2 aromatic rings. The summed E-state index contributed by atoms with van der Waals surface area (Å²) in [6, 6.07) is 4.41. The third-order valence-electron chi connectivity index (χ3n) is 2.57. The molecule has 0 radical (unpaired) electrons. The number of nitrogens with two attached hydrogens (primary N) is 1. The van der Waals surface area contributed by atoms with Crippen LogP contribution in [0.3, 0.4) is 0 Å². The van der Waals surface area contributed by atoms with Crippen molar-refractivity contribution in [1.82, 2.24) is 9.97 Å². The minimum absolute atomic E-state index is 0.0332. The highest BCUT2D eigenvalue weighted by atomic mass is 32.2. The Labute approximate surface area is 115 Å². The summed E-state index contributed by atoms with van der Waals surface area (Å²) in [5, 5.41) is 0. The van der Waals surface area contributed by atoms with Crippen LogP contribution in [0.5, 0.6) is 0 Å². The molecule has 20 heavy (non-hydrogen) atoms. The molecule has 1 aromatic carbocycles. The highest BCUT2D eigenvalue weighted by Gasteiger charge is 2.30. The highest BCUT2D eigenvalue weighted by Crippen LogP contribution is 2.31. The van der Waals surface area contributed by atoms with E-state index in [4.69, 9.17) is 5.73 Å². The lowest BCUT2D eigenvalue weighted by Gasteiger charge is -2.09. The van der Waals surface area contributed by atoms with Crippen molar-refractivity contribution >= 4 is 16.7 Å². The van der Waals surface area contributed by atoms with Crippen molar-refractivity contribution in [2.75, 3.05) is 12.0 Å². The van der Waals surface area contributed by atoms with Crippen molar-refractivity contribution in [3.63, 3.8) is 0 Å². The van der Waals surface area contributed by atoms with E-state index in [-0.39, 0.29) is 11.6 Å². The standard InChI is InChI=1S/C12H10F3N3OS/c1-20(19)9-6-17-11(16)18-10(9)7-2-4-8(5-3-7)12(13,14)15/h2-6H,1H3,(H2,16,17,18). The van der Waals surface area contributed by atoms with Gasteiger partial charge in [-0.2, -0.15) is 13.2 Å². The van der Waals surface area contributed by atoms with Gasteiger partial charge in [0.1, 0.15) is 0 Å². The van der Waals surface area contributed by atoms with E-state index in [2.05, 4.69) is 9.97 Å². The molecule has 106 valence electrons. The zero-order chi connectivity index (χ0) is 14.9. The third kappa shape index (κ3) is 2.96. The number of anilines is 1. The summed E-state index contributed by atoms with van der Waals surface area (Å²) < 4.78 is 49.1. The molecular weight excluding hydrogens is 291 g/mol. The van der Waals surface area contributed by atoms with Gasteiger partial charge in [0.2, 0.25) is 5.95 Å². The summed E-state index contributed by atoms with van der Waals surface area (Å²) in [6.45, 7) is 0. The molecule has 0 saturated carbocycles. The number of hydrogen-bond donors (Lipinski definition) is 1. The Morgan fingerprint density at radius 3 is 2.30 bits per heavy atom. The summed E-state index contributed by atoms with van der Waals surface area (Å²) in [6.07, 6.45) is -1.66. The molecule has 4 nitrogen and oxygen atoms in total. The number of alkyl halides is 3. The van der Waals surface area contributed by atoms with E-state index in [9.17, 15) is 17.4 Å². The van der Waals surface area contributed by atoms with Gasteiger partial charge in [-0.05, 0) is 12.1 Å². The maximum atomic E-state index is 12.5. The topological polar surface area (TPSA) is 68.9 Å². The minimum Gasteiger partial charge on any atom is -0.368 e. The van der Waals surface area contributed by atoms with Crippen LogP contribution >= 0.6 is 0 Å². The van der Waals surface area contributed by atoms with Crippen LogP contribution in [0.1, 0.15) is 5.56 Å². The Bertz CT molecular complexity index is 656. The second kappa shape index (κ2) is 5.20. The number of halogens is 3. The Kier molecular flexibility index (Phi) is 3.76. The number of aromatic nitrogens is 2. The van der Waals surface area contributed by atoms with E-state index in [1.807, 2.05) is 0 Å². The van der Waals surface area contributed by atoms with E-state index in [0.717, 1.165) is 12.1 Å². The highest BCUT2D eigenvalue weighted by molar-refractivity contribution is 7.84. The molecule has 0 aliphatic rings. The fourth-order valence-electron chi connectivity index (χ4n) is 1.62. The lowest BCUT2D eigenvalue weighted by molar-refractivity contribution is -0.137. The first-order valence-electron chi connectivity index (χ1n) is 5.42. The first kappa shape index (κ1) is 14.4. The molecule has 8 heteroatoms. The van der Waals surface area contributed by atoms with Gasteiger partial charge in [-0.1, -0.05) is 12.1 Å². The Hall–Kier alpha value is -1.96. The molecule has 2 N–H and O–H groups in total. The number of benzene rings is 1. The van der Waals surface area contributed by atoms with Gasteiger partial charge in [0, 0.05) is 18.0 Å². The predicted molar refractivity (Wildman–Crippen MR) is 69.2 cm³/mol. The summed E-state index contributed by atoms with van der Waals surface area (Å²) in [5.74, 6) is -0.0332. The van der Waals surface area contributed by atoms with Gasteiger partial charge < -0.3 is 5.73 Å². The van der Waals surface area contributed by atoms with Crippen LogP contribution in [-0.2, 0) is 17.0 Å². The number of hydrogen-bond acceptors (Lipinski definition) is 4. The first-order chi connectivity index (χ1) is 9.29. The zero-order valence-electron chi connectivity index (χ0n) is 10.3. The summed E-state index contributed by atoms with van der Waals surface area (Å²) in [7, 11) is -1.37. The van der Waals surface area contributed by atoms with E-state index < -0.39 is 22.5 Å². The lowest BCUT2D eigenvalue weighted by Crippen LogP contribution is -2.05. The Morgan fingerprint density at radius 1 is 1.20 bits per heavy atom. The van der Waals surface area contributed by atoms with Crippen LogP contribution in [0, 0.1) is 0 Å². The summed E-state index contributed by atoms with van der Waals surface area (Å²) in [4.78, 5) is 8.00. The third-order valence-corrected chi connectivity index (χ3v) is 3.49. The number of rotatable bonds is 2. The average Bonchev–Trinajstić information content (AvgIpc) is 2.37. The molecule has 1 unspecified atom stereocenters. The van der Waals surface area contributed by atoms with Crippen molar-refractivity contribution in [3.05, 3.63) is 36.0 Å². The molecule has 1 aromatic heterocycles. The fraction of sp³-hybridized carbons (Fsp3) is 0.167. The van der Waals surface area contributed by atoms with Gasteiger partial charge in [-0.3, -0.25) is 4.21 Å². The van der Waals surface area contributed by atoms with Crippen molar-refractivity contribution in [2.45, 2.75) is 11.1 Å². The van der Waals surface area contributed by atoms with Crippen LogP contribution < -0.4 is 5.73 Å². The molecule has 0 amide bonds. The molecular formula is C12H10F3N3OS. The van der Waals surface area contributed by atoms with Crippen molar-refractivity contribution in [3.8, 4) is 11.3 Å². The zero-order valence-corrected chi connectivity index (χ0v) is 11.1. The van der Waals surface area contributed by atoms with E-state index in [1.165, 1.54) is 24.6 Å². The van der Waals surface area contributed by atoms with E-state index in [0.29, 0.717) is 10.5 Å². The fourth-order valence-corrected chi connectivity index (χ4v) is 2.26. The number of nitrogen functional groups attached to an aromatic ring is 1. The SMILES string of the molecule is CS(=O)c1cnc(N)nc1-c1ccc(C(F)(F)F)cc1. The Morgan fingerprint density at radius 2 is 1.80 bits per heavy atom. The predicted octanol–water partition coefficient (Wildman–Crippen LogP) is 2.48. The van der Waals surface area contributed by atoms with Crippen molar-refractivity contribution in [2.24, 2.45) is 0 Å². The van der Waals surface area contributed by atoms with Gasteiger partial charge >= 0.3 is 6.18 Å². The molecule has 1 atom stereocenters. The molecule has 0 aliphatic carbocycles. The first-order valence-corrected chi connectivity index (χ1v) is 6.98. The van der Waals surface area contributed by atoms with Crippen LogP contribution in [0.2, 0.25) is 0 Å². The smallest absolute Gasteiger partial charge is 0.368 e. The molecule has 0 fully saturated rings. The second-order valence-corrected chi connectivity index (χ2v) is 5.32. The quantitative estimate of drug-likeness (QED) is 0.925. The monoisotopic (exact) mass is 301 g/mol. The van der Waals surface area contributed by atoms with Gasteiger partial charge in [-0.25, -0.2) is 9.97 Å². The summed E-state index contributed by atoms with van der Waals surface area (Å²) in [5.41, 5.74) is 5.37. The van der Waals surface area contributed by atoms with Crippen molar-refractivity contribution in [1.29, 1.82) is 0 Å². The van der Waals surface area contributed by atoms with Crippen LogP contribution in [0.4, 0.5) is 19.1 Å². The number of nitrogens with zero attached hydrogens (tertiary/aromatic N) is 2. The molecule has 1 heterocycles. The van der Waals surface area contributed by atoms with Crippen LogP contribution in [0.15, 0.2) is 35.4 Å². The largest absolute Gasteiger partial charge is 0.416 e.